The zero-order valence-corrected chi connectivity index (χ0v) is 21.5. The van der Waals surface area contributed by atoms with Crippen LogP contribution in [0.5, 0.6) is 0 Å². The second-order valence-electron chi connectivity index (χ2n) is 8.73. The van der Waals surface area contributed by atoms with E-state index in [1.807, 2.05) is 44.2 Å². The lowest BCUT2D eigenvalue weighted by atomic mass is 9.94. The van der Waals surface area contributed by atoms with E-state index in [-0.39, 0.29) is 37.0 Å². The van der Waals surface area contributed by atoms with Crippen molar-refractivity contribution < 1.29 is 14.3 Å². The number of benzene rings is 2. The Kier molecular flexibility index (Phi) is 7.40. The lowest BCUT2D eigenvalue weighted by Gasteiger charge is -2.19. The van der Waals surface area contributed by atoms with Crippen LogP contribution in [0.15, 0.2) is 59.4 Å². The molecule has 0 aliphatic carbocycles. The molecular formula is C28H28ClN3O4. The minimum absolute atomic E-state index is 0.0183. The highest BCUT2D eigenvalue weighted by Crippen LogP contribution is 2.33. The van der Waals surface area contributed by atoms with Crippen molar-refractivity contribution in [2.45, 2.75) is 46.7 Å². The standard InChI is InChI=1S/C28H28ClN3O4/c1-5-24(33)26-25(18-10-8-7-9-11-18)22-14-19(29)12-13-21(22)27(34)31(26)16-20-15-23(28(35)36-6-2)32(30-20)17(3)4/h7-15,17H,5-6,16H2,1-4H3. The third-order valence-electron chi connectivity index (χ3n) is 5.96. The average molecular weight is 506 g/mol. The third kappa shape index (κ3) is 4.71. The molecule has 4 rings (SSSR count). The number of carbonyl (C=O) groups excluding carboxylic acids is 2. The highest BCUT2D eigenvalue weighted by Gasteiger charge is 2.25. The molecule has 36 heavy (non-hydrogen) atoms. The van der Waals surface area contributed by atoms with E-state index in [9.17, 15) is 14.4 Å². The summed E-state index contributed by atoms with van der Waals surface area (Å²) >= 11 is 6.32. The highest BCUT2D eigenvalue weighted by molar-refractivity contribution is 6.31. The van der Waals surface area contributed by atoms with E-state index >= 15 is 0 Å². The molecule has 0 fully saturated rings. The van der Waals surface area contributed by atoms with Gasteiger partial charge in [-0.3, -0.25) is 18.8 Å². The number of hydrogen-bond acceptors (Lipinski definition) is 5. The number of aromatic nitrogens is 3. The molecule has 0 aliphatic heterocycles. The van der Waals surface area contributed by atoms with Gasteiger partial charge in [-0.25, -0.2) is 4.79 Å². The Balaban J connectivity index is 2.02. The van der Waals surface area contributed by atoms with Crippen LogP contribution in [0.2, 0.25) is 5.02 Å². The first-order valence-corrected chi connectivity index (χ1v) is 12.3. The van der Waals surface area contributed by atoms with Crippen molar-refractivity contribution in [3.05, 3.63) is 87.1 Å². The van der Waals surface area contributed by atoms with Gasteiger partial charge in [-0.1, -0.05) is 48.9 Å². The number of ether oxygens (including phenoxy) is 1. The van der Waals surface area contributed by atoms with Gasteiger partial charge < -0.3 is 4.74 Å². The zero-order valence-electron chi connectivity index (χ0n) is 20.7. The maximum Gasteiger partial charge on any atom is 0.356 e. The van der Waals surface area contributed by atoms with Crippen LogP contribution < -0.4 is 5.56 Å². The first-order valence-electron chi connectivity index (χ1n) is 12.0. The number of Topliss-reactive ketones (excluding diaryl/α,β-unsaturated/α-hetero) is 1. The van der Waals surface area contributed by atoms with Gasteiger partial charge in [0.05, 0.1) is 24.5 Å². The quantitative estimate of drug-likeness (QED) is 0.219. The maximum atomic E-state index is 13.8. The molecule has 0 N–H and O–H groups in total. The normalized spacial score (nSPS) is 11.3. The summed E-state index contributed by atoms with van der Waals surface area (Å²) in [6.07, 6.45) is 0.208. The monoisotopic (exact) mass is 505 g/mol. The molecule has 2 aromatic heterocycles. The Hall–Kier alpha value is -3.71. The lowest BCUT2D eigenvalue weighted by Crippen LogP contribution is -2.28. The summed E-state index contributed by atoms with van der Waals surface area (Å²) < 4.78 is 8.24. The number of nitrogens with zero attached hydrogens (tertiary/aromatic N) is 3. The fraction of sp³-hybridized carbons (Fsp3) is 0.286. The molecular weight excluding hydrogens is 478 g/mol. The van der Waals surface area contributed by atoms with Crippen LogP contribution in [0.1, 0.15) is 66.8 Å². The molecule has 2 heterocycles. The molecule has 0 atom stereocenters. The summed E-state index contributed by atoms with van der Waals surface area (Å²) in [7, 11) is 0. The molecule has 0 saturated carbocycles. The van der Waals surface area contributed by atoms with Gasteiger partial charge in [-0.2, -0.15) is 5.10 Å². The minimum atomic E-state index is -0.486. The van der Waals surface area contributed by atoms with Crippen LogP contribution >= 0.6 is 11.6 Å². The van der Waals surface area contributed by atoms with Crippen LogP contribution in [0, 0.1) is 0 Å². The van der Waals surface area contributed by atoms with Gasteiger partial charge in [0.15, 0.2) is 5.78 Å². The van der Waals surface area contributed by atoms with Crippen LogP contribution in [0.4, 0.5) is 0 Å². The van der Waals surface area contributed by atoms with Crippen molar-refractivity contribution >= 4 is 34.1 Å². The fourth-order valence-electron chi connectivity index (χ4n) is 4.36. The number of esters is 1. The molecule has 4 aromatic rings. The number of fused-ring (bicyclic) bond motifs is 1. The van der Waals surface area contributed by atoms with Crippen LogP contribution in [0.25, 0.3) is 21.9 Å². The van der Waals surface area contributed by atoms with Crippen molar-refractivity contribution in [3.8, 4) is 11.1 Å². The highest BCUT2D eigenvalue weighted by atomic mass is 35.5. The minimum Gasteiger partial charge on any atom is -0.461 e. The first kappa shape index (κ1) is 25.4. The predicted molar refractivity (Wildman–Crippen MR) is 141 cm³/mol. The second-order valence-corrected chi connectivity index (χ2v) is 9.16. The molecule has 8 heteroatoms. The van der Waals surface area contributed by atoms with Crippen molar-refractivity contribution in [2.24, 2.45) is 0 Å². The van der Waals surface area contributed by atoms with Crippen LogP contribution in [-0.2, 0) is 11.3 Å². The van der Waals surface area contributed by atoms with Gasteiger partial charge in [0.2, 0.25) is 0 Å². The SMILES string of the molecule is CCOC(=O)c1cc(Cn2c(C(=O)CC)c(-c3ccccc3)c3cc(Cl)ccc3c2=O)nn1C(C)C. The largest absolute Gasteiger partial charge is 0.461 e. The Morgan fingerprint density at radius 2 is 1.75 bits per heavy atom. The van der Waals surface area contributed by atoms with E-state index in [4.69, 9.17) is 16.3 Å². The Morgan fingerprint density at radius 3 is 2.39 bits per heavy atom. The molecule has 0 bridgehead atoms. The summed E-state index contributed by atoms with van der Waals surface area (Å²) in [6.45, 7) is 7.57. The van der Waals surface area contributed by atoms with E-state index in [0.29, 0.717) is 38.4 Å². The van der Waals surface area contributed by atoms with Crippen molar-refractivity contribution in [1.29, 1.82) is 0 Å². The topological polar surface area (TPSA) is 83.2 Å². The first-order chi connectivity index (χ1) is 17.3. The molecule has 0 radical (unpaired) electrons. The van der Waals surface area contributed by atoms with E-state index in [1.54, 1.807) is 42.8 Å². The van der Waals surface area contributed by atoms with E-state index in [2.05, 4.69) is 5.10 Å². The molecule has 0 saturated heterocycles. The maximum absolute atomic E-state index is 13.8. The van der Waals surface area contributed by atoms with Crippen molar-refractivity contribution in [1.82, 2.24) is 14.3 Å². The fourth-order valence-corrected chi connectivity index (χ4v) is 4.53. The van der Waals surface area contributed by atoms with Crippen LogP contribution in [0.3, 0.4) is 0 Å². The number of carbonyl (C=O) groups is 2. The summed E-state index contributed by atoms with van der Waals surface area (Å²) in [5.74, 6) is -0.665. The molecule has 7 nitrogen and oxygen atoms in total. The van der Waals surface area contributed by atoms with E-state index < -0.39 is 5.97 Å². The van der Waals surface area contributed by atoms with Crippen molar-refractivity contribution in [2.75, 3.05) is 6.61 Å². The summed E-state index contributed by atoms with van der Waals surface area (Å²) in [5, 5.41) is 6.13. The zero-order chi connectivity index (χ0) is 26.0. The average Bonchev–Trinajstić information content (AvgIpc) is 3.30. The predicted octanol–water partition coefficient (Wildman–Crippen LogP) is 5.92. The molecule has 2 aromatic carbocycles. The molecule has 0 unspecified atom stereocenters. The van der Waals surface area contributed by atoms with Crippen LogP contribution in [-0.4, -0.2) is 32.7 Å². The summed E-state index contributed by atoms with van der Waals surface area (Å²) in [6, 6.07) is 16.1. The molecule has 186 valence electrons. The summed E-state index contributed by atoms with van der Waals surface area (Å²) in [5.41, 5.74) is 2.19. The number of halogens is 1. The van der Waals surface area contributed by atoms with Gasteiger partial charge >= 0.3 is 5.97 Å². The smallest absolute Gasteiger partial charge is 0.356 e. The van der Waals surface area contributed by atoms with E-state index in [1.165, 1.54) is 4.57 Å². The van der Waals surface area contributed by atoms with Gasteiger partial charge in [0.1, 0.15) is 5.69 Å². The van der Waals surface area contributed by atoms with Crippen molar-refractivity contribution in [3.63, 3.8) is 0 Å². The second kappa shape index (κ2) is 10.5. The molecule has 0 spiro atoms. The van der Waals surface area contributed by atoms with Gasteiger partial charge in [-0.15, -0.1) is 0 Å². The number of pyridine rings is 1. The molecule has 0 aliphatic rings. The Morgan fingerprint density at radius 1 is 1.03 bits per heavy atom. The lowest BCUT2D eigenvalue weighted by molar-refractivity contribution is 0.0509. The Labute approximate surface area is 214 Å². The van der Waals surface area contributed by atoms with Gasteiger partial charge in [0, 0.05) is 28.4 Å². The Bertz CT molecular complexity index is 1500. The number of ketones is 1. The number of rotatable bonds is 8. The van der Waals surface area contributed by atoms with Gasteiger partial charge in [0.25, 0.3) is 5.56 Å². The molecule has 0 amide bonds. The number of hydrogen-bond donors (Lipinski definition) is 0. The summed E-state index contributed by atoms with van der Waals surface area (Å²) in [4.78, 5) is 39.7. The third-order valence-corrected chi connectivity index (χ3v) is 6.20. The van der Waals surface area contributed by atoms with Gasteiger partial charge in [-0.05, 0) is 56.0 Å². The van der Waals surface area contributed by atoms with E-state index in [0.717, 1.165) is 5.56 Å².